The Hall–Kier alpha value is -3.29. The molecule has 1 aliphatic heterocycles. The third-order valence-corrected chi connectivity index (χ3v) is 4.61. The van der Waals surface area contributed by atoms with Crippen LogP contribution in [0.15, 0.2) is 36.7 Å². The summed E-state index contributed by atoms with van der Waals surface area (Å²) in [4.78, 5) is 30.7. The van der Waals surface area contributed by atoms with E-state index in [0.29, 0.717) is 36.0 Å². The van der Waals surface area contributed by atoms with E-state index in [1.54, 1.807) is 29.4 Å². The fourth-order valence-corrected chi connectivity index (χ4v) is 3.21. The van der Waals surface area contributed by atoms with Gasteiger partial charge in [0.1, 0.15) is 0 Å². The van der Waals surface area contributed by atoms with Gasteiger partial charge in [-0.3, -0.25) is 14.6 Å². The Morgan fingerprint density at radius 1 is 1.21 bits per heavy atom. The van der Waals surface area contributed by atoms with Crippen LogP contribution in [0.1, 0.15) is 12.0 Å². The molecule has 1 fully saturated rings. The molecule has 148 valence electrons. The SMILES string of the molecule is COc1cc(NC(=O)C2CC(=O)N(Cc3cccnc3)C2)cc(OC)c1OC. The van der Waals surface area contributed by atoms with Gasteiger partial charge >= 0.3 is 0 Å². The molecule has 1 atom stereocenters. The Morgan fingerprint density at radius 2 is 1.93 bits per heavy atom. The summed E-state index contributed by atoms with van der Waals surface area (Å²) in [5, 5.41) is 2.84. The minimum atomic E-state index is -0.428. The lowest BCUT2D eigenvalue weighted by Crippen LogP contribution is -2.28. The van der Waals surface area contributed by atoms with E-state index in [4.69, 9.17) is 14.2 Å². The van der Waals surface area contributed by atoms with Crippen molar-refractivity contribution >= 4 is 17.5 Å². The fraction of sp³-hybridized carbons (Fsp3) is 0.350. The number of aromatic nitrogens is 1. The predicted octanol–water partition coefficient (Wildman–Crippen LogP) is 2.09. The van der Waals surface area contributed by atoms with Crippen molar-refractivity contribution in [1.29, 1.82) is 0 Å². The van der Waals surface area contributed by atoms with Crippen molar-refractivity contribution in [3.05, 3.63) is 42.2 Å². The molecule has 2 heterocycles. The van der Waals surface area contributed by atoms with E-state index >= 15 is 0 Å². The van der Waals surface area contributed by atoms with Crippen LogP contribution in [-0.2, 0) is 16.1 Å². The maximum absolute atomic E-state index is 12.7. The number of hydrogen-bond donors (Lipinski definition) is 1. The zero-order chi connectivity index (χ0) is 20.1. The van der Waals surface area contributed by atoms with E-state index in [2.05, 4.69) is 10.3 Å². The van der Waals surface area contributed by atoms with Crippen molar-refractivity contribution in [3.63, 3.8) is 0 Å². The van der Waals surface area contributed by atoms with Crippen LogP contribution in [0.5, 0.6) is 17.2 Å². The zero-order valence-corrected chi connectivity index (χ0v) is 16.1. The number of benzene rings is 1. The summed E-state index contributed by atoms with van der Waals surface area (Å²) in [6, 6.07) is 7.04. The quantitative estimate of drug-likeness (QED) is 0.785. The zero-order valence-electron chi connectivity index (χ0n) is 16.1. The average molecular weight is 385 g/mol. The first-order valence-electron chi connectivity index (χ1n) is 8.83. The lowest BCUT2D eigenvalue weighted by atomic mass is 10.1. The maximum Gasteiger partial charge on any atom is 0.229 e. The number of carbonyl (C=O) groups is 2. The number of anilines is 1. The maximum atomic E-state index is 12.7. The molecular weight excluding hydrogens is 362 g/mol. The highest BCUT2D eigenvalue weighted by molar-refractivity contribution is 5.97. The van der Waals surface area contributed by atoms with Gasteiger partial charge in [0.05, 0.1) is 27.2 Å². The highest BCUT2D eigenvalue weighted by Gasteiger charge is 2.34. The van der Waals surface area contributed by atoms with Crippen molar-refractivity contribution in [2.24, 2.45) is 5.92 Å². The third-order valence-electron chi connectivity index (χ3n) is 4.61. The topological polar surface area (TPSA) is 90.0 Å². The molecule has 0 bridgehead atoms. The van der Waals surface area contributed by atoms with E-state index in [0.717, 1.165) is 5.56 Å². The van der Waals surface area contributed by atoms with E-state index in [1.165, 1.54) is 21.3 Å². The van der Waals surface area contributed by atoms with Crippen molar-refractivity contribution < 1.29 is 23.8 Å². The number of pyridine rings is 1. The summed E-state index contributed by atoms with van der Waals surface area (Å²) < 4.78 is 15.9. The molecule has 1 aromatic heterocycles. The molecule has 1 aromatic carbocycles. The number of ether oxygens (including phenoxy) is 3. The highest BCUT2D eigenvalue weighted by atomic mass is 16.5. The van der Waals surface area contributed by atoms with Gasteiger partial charge < -0.3 is 24.4 Å². The number of hydrogen-bond acceptors (Lipinski definition) is 6. The standard InChI is InChI=1S/C20H23N3O5/c1-26-16-8-15(9-17(27-2)19(16)28-3)22-20(25)14-7-18(24)23(12-14)11-13-5-4-6-21-10-13/h4-6,8-10,14H,7,11-12H2,1-3H3,(H,22,25). The Morgan fingerprint density at radius 3 is 2.50 bits per heavy atom. The van der Waals surface area contributed by atoms with Gasteiger partial charge in [0, 0.05) is 49.7 Å². The van der Waals surface area contributed by atoms with Crippen LogP contribution in [0.2, 0.25) is 0 Å². The van der Waals surface area contributed by atoms with Crippen LogP contribution in [0.25, 0.3) is 0 Å². The Balaban J connectivity index is 1.69. The molecule has 1 aliphatic rings. The van der Waals surface area contributed by atoms with Gasteiger partial charge in [0.15, 0.2) is 11.5 Å². The Bertz CT molecular complexity index is 831. The number of nitrogens with zero attached hydrogens (tertiary/aromatic N) is 2. The molecule has 2 aromatic rings. The summed E-state index contributed by atoms with van der Waals surface area (Å²) in [5.41, 5.74) is 1.44. The van der Waals surface area contributed by atoms with Crippen LogP contribution < -0.4 is 19.5 Å². The summed E-state index contributed by atoms with van der Waals surface area (Å²) in [5.74, 6) is 0.630. The van der Waals surface area contributed by atoms with Gasteiger partial charge in [-0.1, -0.05) is 6.07 Å². The summed E-state index contributed by atoms with van der Waals surface area (Å²) in [7, 11) is 4.53. The summed E-state index contributed by atoms with van der Waals surface area (Å²) in [6.45, 7) is 0.810. The average Bonchev–Trinajstić information content (AvgIpc) is 3.08. The van der Waals surface area contributed by atoms with Crippen LogP contribution in [0.4, 0.5) is 5.69 Å². The van der Waals surface area contributed by atoms with Gasteiger partial charge in [-0.25, -0.2) is 0 Å². The van der Waals surface area contributed by atoms with E-state index in [9.17, 15) is 9.59 Å². The lowest BCUT2D eigenvalue weighted by Gasteiger charge is -2.17. The van der Waals surface area contributed by atoms with Gasteiger partial charge in [0.25, 0.3) is 0 Å². The number of likely N-dealkylation sites (tertiary alicyclic amines) is 1. The Labute approximate surface area is 163 Å². The first-order valence-corrected chi connectivity index (χ1v) is 8.83. The predicted molar refractivity (Wildman–Crippen MR) is 102 cm³/mol. The first-order chi connectivity index (χ1) is 13.5. The molecule has 0 aliphatic carbocycles. The summed E-state index contributed by atoms with van der Waals surface area (Å²) in [6.07, 6.45) is 3.58. The molecule has 1 unspecified atom stereocenters. The Kier molecular flexibility index (Phi) is 5.98. The number of amides is 2. The molecule has 28 heavy (non-hydrogen) atoms. The molecule has 0 spiro atoms. The van der Waals surface area contributed by atoms with Crippen molar-refractivity contribution in [1.82, 2.24) is 9.88 Å². The van der Waals surface area contributed by atoms with E-state index < -0.39 is 5.92 Å². The van der Waals surface area contributed by atoms with Crippen molar-refractivity contribution in [2.45, 2.75) is 13.0 Å². The minimum Gasteiger partial charge on any atom is -0.493 e. The normalized spacial score (nSPS) is 16.0. The fourth-order valence-electron chi connectivity index (χ4n) is 3.21. The number of carbonyl (C=O) groups excluding carboxylic acids is 2. The molecule has 8 nitrogen and oxygen atoms in total. The van der Waals surface area contributed by atoms with E-state index in [1.807, 2.05) is 12.1 Å². The molecule has 0 saturated carbocycles. The van der Waals surface area contributed by atoms with E-state index in [-0.39, 0.29) is 18.2 Å². The molecule has 3 rings (SSSR count). The van der Waals surface area contributed by atoms with Gasteiger partial charge in [-0.2, -0.15) is 0 Å². The molecule has 8 heteroatoms. The second-order valence-electron chi connectivity index (χ2n) is 6.44. The van der Waals surface area contributed by atoms with Crippen LogP contribution in [-0.4, -0.2) is 49.6 Å². The lowest BCUT2D eigenvalue weighted by molar-refractivity contribution is -0.128. The third kappa shape index (κ3) is 4.16. The summed E-state index contributed by atoms with van der Waals surface area (Å²) >= 11 is 0. The number of rotatable bonds is 7. The second kappa shape index (κ2) is 8.60. The molecule has 1 saturated heterocycles. The highest BCUT2D eigenvalue weighted by Crippen LogP contribution is 2.40. The molecule has 1 N–H and O–H groups in total. The number of nitrogens with one attached hydrogen (secondary N) is 1. The molecule has 2 amide bonds. The number of methoxy groups -OCH3 is 3. The largest absolute Gasteiger partial charge is 0.493 e. The second-order valence-corrected chi connectivity index (χ2v) is 6.44. The smallest absolute Gasteiger partial charge is 0.229 e. The van der Waals surface area contributed by atoms with Crippen molar-refractivity contribution in [3.8, 4) is 17.2 Å². The van der Waals surface area contributed by atoms with Gasteiger partial charge in [-0.15, -0.1) is 0 Å². The van der Waals surface area contributed by atoms with Crippen LogP contribution in [0.3, 0.4) is 0 Å². The van der Waals surface area contributed by atoms with Gasteiger partial charge in [-0.05, 0) is 11.6 Å². The van der Waals surface area contributed by atoms with Crippen molar-refractivity contribution in [2.75, 3.05) is 33.2 Å². The minimum absolute atomic E-state index is 0.0473. The molecule has 0 radical (unpaired) electrons. The molecular formula is C20H23N3O5. The monoisotopic (exact) mass is 385 g/mol. The van der Waals surface area contributed by atoms with Gasteiger partial charge in [0.2, 0.25) is 17.6 Å². The first kappa shape index (κ1) is 19.5. The van der Waals surface area contributed by atoms with Crippen LogP contribution in [0, 0.1) is 5.92 Å². The van der Waals surface area contributed by atoms with Crippen LogP contribution >= 0.6 is 0 Å².